The Morgan fingerprint density at radius 2 is 2.05 bits per heavy atom. The van der Waals surface area contributed by atoms with Gasteiger partial charge in [0, 0.05) is 24.2 Å². The molecule has 1 aliphatic rings. The standard InChI is InChI=1S/C13H17N5OS.ClH/c14-13-17-9-11(20-13)8-16-12-2-1-10(7-15-12)18-3-5-19-6-4-18;/h1-2,7,9H,3-6,8H2,(H2,14,17)(H,15,16);1H. The van der Waals surface area contributed by atoms with Gasteiger partial charge in [-0.25, -0.2) is 9.97 Å². The number of ether oxygens (including phenoxy) is 1. The third-order valence-corrected chi connectivity index (χ3v) is 3.97. The number of aromatic nitrogens is 2. The van der Waals surface area contributed by atoms with E-state index in [4.69, 9.17) is 10.5 Å². The number of morpholine rings is 1. The maximum Gasteiger partial charge on any atom is 0.180 e. The van der Waals surface area contributed by atoms with E-state index in [0.29, 0.717) is 11.7 Å². The van der Waals surface area contributed by atoms with Crippen LogP contribution in [0.1, 0.15) is 4.88 Å². The highest BCUT2D eigenvalue weighted by molar-refractivity contribution is 7.15. The summed E-state index contributed by atoms with van der Waals surface area (Å²) in [5, 5.41) is 3.86. The Morgan fingerprint density at radius 3 is 2.67 bits per heavy atom. The summed E-state index contributed by atoms with van der Waals surface area (Å²) in [7, 11) is 0. The fourth-order valence-electron chi connectivity index (χ4n) is 2.08. The number of nitrogens with two attached hydrogens (primary N) is 1. The predicted octanol–water partition coefficient (Wildman–Crippen LogP) is 1.99. The van der Waals surface area contributed by atoms with Crippen molar-refractivity contribution >= 4 is 40.4 Å². The van der Waals surface area contributed by atoms with Crippen LogP contribution in [0.25, 0.3) is 0 Å². The molecule has 0 spiro atoms. The average Bonchev–Trinajstić information content (AvgIpc) is 2.92. The van der Waals surface area contributed by atoms with Crippen molar-refractivity contribution in [3.05, 3.63) is 29.4 Å². The van der Waals surface area contributed by atoms with E-state index in [1.54, 1.807) is 6.20 Å². The van der Waals surface area contributed by atoms with Gasteiger partial charge in [0.15, 0.2) is 5.13 Å². The molecule has 0 amide bonds. The molecule has 0 bridgehead atoms. The van der Waals surface area contributed by atoms with Crippen molar-refractivity contribution in [2.45, 2.75) is 6.54 Å². The number of hydrogen-bond donors (Lipinski definition) is 2. The molecule has 1 aliphatic heterocycles. The average molecular weight is 328 g/mol. The lowest BCUT2D eigenvalue weighted by Crippen LogP contribution is -2.36. The summed E-state index contributed by atoms with van der Waals surface area (Å²) < 4.78 is 5.35. The van der Waals surface area contributed by atoms with E-state index in [2.05, 4.69) is 26.3 Å². The quantitative estimate of drug-likeness (QED) is 0.894. The molecular weight excluding hydrogens is 310 g/mol. The lowest BCUT2D eigenvalue weighted by atomic mass is 10.3. The maximum absolute atomic E-state index is 5.60. The molecule has 0 radical (unpaired) electrons. The zero-order chi connectivity index (χ0) is 13.8. The Labute approximate surface area is 133 Å². The van der Waals surface area contributed by atoms with Gasteiger partial charge in [-0.1, -0.05) is 0 Å². The first-order valence-corrected chi connectivity index (χ1v) is 7.36. The molecule has 0 saturated carbocycles. The van der Waals surface area contributed by atoms with E-state index < -0.39 is 0 Å². The monoisotopic (exact) mass is 327 g/mol. The SMILES string of the molecule is Cl.Nc1ncc(CNc2ccc(N3CCOCC3)cn2)s1. The number of rotatable bonds is 4. The fourth-order valence-corrected chi connectivity index (χ4v) is 2.71. The van der Waals surface area contributed by atoms with E-state index >= 15 is 0 Å². The molecule has 8 heteroatoms. The highest BCUT2D eigenvalue weighted by Crippen LogP contribution is 2.18. The molecule has 6 nitrogen and oxygen atoms in total. The molecule has 1 fully saturated rings. The minimum atomic E-state index is 0. The third-order valence-electron chi connectivity index (χ3n) is 3.14. The van der Waals surface area contributed by atoms with Crippen LogP contribution in [0.2, 0.25) is 0 Å². The molecule has 3 rings (SSSR count). The number of anilines is 3. The van der Waals surface area contributed by atoms with Gasteiger partial charge in [-0.3, -0.25) is 0 Å². The normalized spacial score (nSPS) is 14.6. The number of halogens is 1. The fraction of sp³-hybridized carbons (Fsp3) is 0.385. The van der Waals surface area contributed by atoms with Crippen molar-refractivity contribution in [1.29, 1.82) is 0 Å². The summed E-state index contributed by atoms with van der Waals surface area (Å²) in [6.07, 6.45) is 3.68. The second kappa shape index (κ2) is 7.44. The van der Waals surface area contributed by atoms with Crippen LogP contribution in [-0.4, -0.2) is 36.3 Å². The maximum atomic E-state index is 5.60. The number of nitrogens with one attached hydrogen (secondary N) is 1. The molecule has 2 aromatic rings. The molecule has 0 aromatic carbocycles. The second-order valence-electron chi connectivity index (χ2n) is 4.52. The minimum Gasteiger partial charge on any atom is -0.378 e. The van der Waals surface area contributed by atoms with Crippen LogP contribution in [0.15, 0.2) is 24.5 Å². The Hall–Kier alpha value is -1.57. The van der Waals surface area contributed by atoms with Crippen molar-refractivity contribution < 1.29 is 4.74 Å². The predicted molar refractivity (Wildman–Crippen MR) is 88.4 cm³/mol. The van der Waals surface area contributed by atoms with Crippen LogP contribution < -0.4 is 16.0 Å². The molecule has 0 aliphatic carbocycles. The summed E-state index contributed by atoms with van der Waals surface area (Å²) in [6, 6.07) is 4.08. The Morgan fingerprint density at radius 1 is 1.24 bits per heavy atom. The van der Waals surface area contributed by atoms with Crippen LogP contribution in [0.4, 0.5) is 16.6 Å². The molecular formula is C13H18ClN5OS. The Bertz CT molecular complexity index is 556. The van der Waals surface area contributed by atoms with Gasteiger partial charge in [-0.2, -0.15) is 0 Å². The highest BCUT2D eigenvalue weighted by Gasteiger charge is 2.11. The van der Waals surface area contributed by atoms with Gasteiger partial charge in [0.05, 0.1) is 31.6 Å². The van der Waals surface area contributed by atoms with E-state index in [9.17, 15) is 0 Å². The van der Waals surface area contributed by atoms with Crippen LogP contribution >= 0.6 is 23.7 Å². The smallest absolute Gasteiger partial charge is 0.180 e. The van der Waals surface area contributed by atoms with Crippen LogP contribution in [0.5, 0.6) is 0 Å². The molecule has 0 unspecified atom stereocenters. The Balaban J connectivity index is 0.00000161. The first-order chi connectivity index (χ1) is 9.81. The van der Waals surface area contributed by atoms with Gasteiger partial charge in [0.1, 0.15) is 5.82 Å². The molecule has 1 saturated heterocycles. The molecule has 114 valence electrons. The number of nitrogens with zero attached hydrogens (tertiary/aromatic N) is 3. The molecule has 21 heavy (non-hydrogen) atoms. The summed E-state index contributed by atoms with van der Waals surface area (Å²) in [6.45, 7) is 4.11. The molecule has 0 atom stereocenters. The first-order valence-electron chi connectivity index (χ1n) is 6.54. The second-order valence-corrected chi connectivity index (χ2v) is 5.67. The number of nitrogen functional groups attached to an aromatic ring is 1. The van der Waals surface area contributed by atoms with E-state index in [0.717, 1.165) is 42.7 Å². The number of pyridine rings is 1. The van der Waals surface area contributed by atoms with Gasteiger partial charge in [0.25, 0.3) is 0 Å². The van der Waals surface area contributed by atoms with E-state index in [-0.39, 0.29) is 12.4 Å². The zero-order valence-corrected chi connectivity index (χ0v) is 13.1. The van der Waals surface area contributed by atoms with E-state index in [1.165, 1.54) is 11.3 Å². The van der Waals surface area contributed by atoms with Gasteiger partial charge < -0.3 is 20.7 Å². The largest absolute Gasteiger partial charge is 0.378 e. The summed E-state index contributed by atoms with van der Waals surface area (Å²) in [5.41, 5.74) is 6.74. The minimum absolute atomic E-state index is 0. The zero-order valence-electron chi connectivity index (χ0n) is 11.5. The molecule has 2 aromatic heterocycles. The lowest BCUT2D eigenvalue weighted by Gasteiger charge is -2.28. The van der Waals surface area contributed by atoms with Crippen LogP contribution in [-0.2, 0) is 11.3 Å². The van der Waals surface area contributed by atoms with Gasteiger partial charge in [-0.05, 0) is 12.1 Å². The van der Waals surface area contributed by atoms with E-state index in [1.807, 2.05) is 12.3 Å². The highest BCUT2D eigenvalue weighted by atomic mass is 35.5. The summed E-state index contributed by atoms with van der Waals surface area (Å²) >= 11 is 1.49. The summed E-state index contributed by atoms with van der Waals surface area (Å²) in [4.78, 5) is 11.8. The first kappa shape index (κ1) is 15.8. The topological polar surface area (TPSA) is 76.3 Å². The van der Waals surface area contributed by atoms with Crippen molar-refractivity contribution in [2.75, 3.05) is 42.3 Å². The van der Waals surface area contributed by atoms with Crippen molar-refractivity contribution in [2.24, 2.45) is 0 Å². The van der Waals surface area contributed by atoms with Crippen LogP contribution in [0, 0.1) is 0 Å². The Kier molecular flexibility index (Phi) is 5.60. The third kappa shape index (κ3) is 4.20. The van der Waals surface area contributed by atoms with Crippen molar-refractivity contribution in [1.82, 2.24) is 9.97 Å². The summed E-state index contributed by atoms with van der Waals surface area (Å²) in [5.74, 6) is 0.856. The number of hydrogen-bond acceptors (Lipinski definition) is 7. The van der Waals surface area contributed by atoms with Crippen molar-refractivity contribution in [3.63, 3.8) is 0 Å². The van der Waals surface area contributed by atoms with Crippen LogP contribution in [0.3, 0.4) is 0 Å². The van der Waals surface area contributed by atoms with Gasteiger partial charge in [-0.15, -0.1) is 23.7 Å². The lowest BCUT2D eigenvalue weighted by molar-refractivity contribution is 0.122. The van der Waals surface area contributed by atoms with Crippen molar-refractivity contribution in [3.8, 4) is 0 Å². The molecule has 3 N–H and O–H groups in total. The van der Waals surface area contributed by atoms with Gasteiger partial charge >= 0.3 is 0 Å². The number of thiazole rings is 1. The van der Waals surface area contributed by atoms with Gasteiger partial charge in [0.2, 0.25) is 0 Å². The molecule has 3 heterocycles.